The lowest BCUT2D eigenvalue weighted by Crippen LogP contribution is -2.38. The Morgan fingerprint density at radius 2 is 1.76 bits per heavy atom. The van der Waals surface area contributed by atoms with E-state index in [4.69, 9.17) is 4.74 Å². The Balaban J connectivity index is 1.26. The lowest BCUT2D eigenvalue weighted by atomic mass is 9.95. The van der Waals surface area contributed by atoms with Crippen molar-refractivity contribution in [3.05, 3.63) is 71.3 Å². The van der Waals surface area contributed by atoms with Crippen LogP contribution in [0.3, 0.4) is 0 Å². The fourth-order valence-electron chi connectivity index (χ4n) is 4.91. The van der Waals surface area contributed by atoms with Crippen molar-refractivity contribution in [1.29, 1.82) is 0 Å². The van der Waals surface area contributed by atoms with Crippen molar-refractivity contribution in [3.63, 3.8) is 0 Å². The average Bonchev–Trinajstić information content (AvgIpc) is 3.12. The lowest BCUT2D eigenvalue weighted by molar-refractivity contribution is -0.160. The molecule has 2 heterocycles. The number of hydrogen-bond donors (Lipinski definition) is 1. The number of hydrogen-bond acceptors (Lipinski definition) is 4. The normalized spacial score (nSPS) is 16.2. The van der Waals surface area contributed by atoms with Crippen LogP contribution in [0.25, 0.3) is 10.8 Å². The van der Waals surface area contributed by atoms with E-state index in [0.717, 1.165) is 54.4 Å². The Morgan fingerprint density at radius 1 is 1.03 bits per heavy atom. The van der Waals surface area contributed by atoms with Gasteiger partial charge in [0.2, 0.25) is 0 Å². The lowest BCUT2D eigenvalue weighted by Gasteiger charge is -2.34. The molecular formula is C28H30N2O3. The van der Waals surface area contributed by atoms with E-state index in [-0.39, 0.29) is 17.8 Å². The highest BCUT2D eigenvalue weighted by Crippen LogP contribution is 2.36. The number of ether oxygens (including phenoxy) is 1. The van der Waals surface area contributed by atoms with Crippen LogP contribution < -0.4 is 10.2 Å². The van der Waals surface area contributed by atoms with E-state index in [1.807, 2.05) is 39.0 Å². The molecular weight excluding hydrogens is 412 g/mol. The second-order valence-corrected chi connectivity index (χ2v) is 10.1. The smallest absolute Gasteiger partial charge is 0.309 e. The minimum atomic E-state index is -0.430. The van der Waals surface area contributed by atoms with Crippen molar-refractivity contribution in [2.24, 2.45) is 5.92 Å². The van der Waals surface area contributed by atoms with Gasteiger partial charge in [-0.05, 0) is 80.8 Å². The van der Waals surface area contributed by atoms with Crippen LogP contribution in [0.15, 0.2) is 54.6 Å². The summed E-state index contributed by atoms with van der Waals surface area (Å²) < 4.78 is 5.57. The molecule has 0 aromatic heterocycles. The van der Waals surface area contributed by atoms with Crippen LogP contribution in [0.2, 0.25) is 0 Å². The number of rotatable bonds is 4. The van der Waals surface area contributed by atoms with Crippen molar-refractivity contribution < 1.29 is 14.3 Å². The zero-order valence-electron chi connectivity index (χ0n) is 19.5. The van der Waals surface area contributed by atoms with Crippen LogP contribution in [-0.4, -0.2) is 30.6 Å². The molecule has 1 N–H and O–H groups in total. The largest absolute Gasteiger partial charge is 0.460 e. The maximum atomic E-state index is 12.4. The standard InChI is InChI=1S/C28H30N2O3/c1-28(2,3)33-27(32)19-13-15-30(16-14-19)21-10-7-18(8-11-21)17-20-9-12-24-25-22(20)5-4-6-23(25)26(31)29-24/h4-12,19H,13-17H2,1-3H3,(H,29,31). The van der Waals surface area contributed by atoms with E-state index in [2.05, 4.69) is 46.6 Å². The van der Waals surface area contributed by atoms with Gasteiger partial charge in [-0.3, -0.25) is 9.59 Å². The molecule has 5 heteroatoms. The number of esters is 1. The van der Waals surface area contributed by atoms with Crippen LogP contribution in [0.4, 0.5) is 11.4 Å². The van der Waals surface area contributed by atoms with Gasteiger partial charge in [-0.2, -0.15) is 0 Å². The number of nitrogens with one attached hydrogen (secondary N) is 1. The van der Waals surface area contributed by atoms with E-state index < -0.39 is 5.60 Å². The summed E-state index contributed by atoms with van der Waals surface area (Å²) in [6.07, 6.45) is 2.46. The highest BCUT2D eigenvalue weighted by atomic mass is 16.6. The first-order valence-electron chi connectivity index (χ1n) is 11.7. The SMILES string of the molecule is CC(C)(C)OC(=O)C1CCN(c2ccc(Cc3ccc4c5c(cccc35)C(=O)N4)cc2)CC1. The van der Waals surface area contributed by atoms with Crippen molar-refractivity contribution in [3.8, 4) is 0 Å². The van der Waals surface area contributed by atoms with Gasteiger partial charge in [0.15, 0.2) is 0 Å². The van der Waals surface area contributed by atoms with E-state index in [1.165, 1.54) is 16.8 Å². The fourth-order valence-corrected chi connectivity index (χ4v) is 4.91. The molecule has 0 aliphatic carbocycles. The van der Waals surface area contributed by atoms with E-state index in [9.17, 15) is 9.59 Å². The molecule has 0 bridgehead atoms. The number of nitrogens with zero attached hydrogens (tertiary/aromatic N) is 1. The van der Waals surface area contributed by atoms with E-state index in [1.54, 1.807) is 0 Å². The maximum absolute atomic E-state index is 12.4. The Bertz CT molecular complexity index is 1220. The third-order valence-corrected chi connectivity index (χ3v) is 6.55. The van der Waals surface area contributed by atoms with Gasteiger partial charge >= 0.3 is 5.97 Å². The molecule has 1 amide bonds. The van der Waals surface area contributed by atoms with Crippen LogP contribution in [-0.2, 0) is 16.0 Å². The summed E-state index contributed by atoms with van der Waals surface area (Å²) in [6.45, 7) is 7.48. The van der Waals surface area contributed by atoms with E-state index in [0.29, 0.717) is 0 Å². The highest BCUT2D eigenvalue weighted by molar-refractivity contribution is 6.24. The van der Waals surface area contributed by atoms with Crippen LogP contribution in [0.5, 0.6) is 0 Å². The van der Waals surface area contributed by atoms with Crippen molar-refractivity contribution in [2.75, 3.05) is 23.3 Å². The number of carbonyl (C=O) groups is 2. The Morgan fingerprint density at radius 3 is 2.45 bits per heavy atom. The third kappa shape index (κ3) is 4.32. The molecule has 0 radical (unpaired) electrons. The Labute approximate surface area is 194 Å². The number of amides is 1. The van der Waals surface area contributed by atoms with Gasteiger partial charge in [0.25, 0.3) is 5.91 Å². The molecule has 0 atom stereocenters. The van der Waals surface area contributed by atoms with Crippen molar-refractivity contribution in [2.45, 2.75) is 45.6 Å². The van der Waals surface area contributed by atoms with Gasteiger partial charge in [0, 0.05) is 35.4 Å². The van der Waals surface area contributed by atoms with Gasteiger partial charge in [0.05, 0.1) is 5.92 Å². The summed E-state index contributed by atoms with van der Waals surface area (Å²) in [6, 6.07) is 18.8. The molecule has 3 aromatic carbocycles. The summed E-state index contributed by atoms with van der Waals surface area (Å²) in [4.78, 5) is 26.9. The molecule has 5 nitrogen and oxygen atoms in total. The molecule has 0 saturated carbocycles. The first kappa shape index (κ1) is 21.5. The quantitative estimate of drug-likeness (QED) is 0.538. The van der Waals surface area contributed by atoms with Gasteiger partial charge in [0.1, 0.15) is 5.60 Å². The highest BCUT2D eigenvalue weighted by Gasteiger charge is 2.29. The minimum absolute atomic E-state index is 0.00935. The molecule has 3 aromatic rings. The molecule has 33 heavy (non-hydrogen) atoms. The minimum Gasteiger partial charge on any atom is -0.460 e. The van der Waals surface area contributed by atoms with Gasteiger partial charge in [-0.15, -0.1) is 0 Å². The molecule has 5 rings (SSSR count). The molecule has 1 saturated heterocycles. The predicted molar refractivity (Wildman–Crippen MR) is 132 cm³/mol. The van der Waals surface area contributed by atoms with Crippen molar-refractivity contribution in [1.82, 2.24) is 0 Å². The summed E-state index contributed by atoms with van der Waals surface area (Å²) in [7, 11) is 0. The average molecular weight is 443 g/mol. The van der Waals surface area contributed by atoms with Crippen LogP contribution in [0.1, 0.15) is 55.1 Å². The molecule has 0 spiro atoms. The van der Waals surface area contributed by atoms with E-state index >= 15 is 0 Å². The van der Waals surface area contributed by atoms with Gasteiger partial charge in [-0.1, -0.05) is 30.3 Å². The predicted octanol–water partition coefficient (Wildman–Crippen LogP) is 5.55. The molecule has 1 fully saturated rings. The third-order valence-electron chi connectivity index (χ3n) is 6.55. The Kier molecular flexibility index (Phi) is 5.35. The molecule has 2 aliphatic rings. The Hall–Kier alpha value is -3.34. The number of piperidine rings is 1. The zero-order valence-corrected chi connectivity index (χ0v) is 19.5. The molecule has 2 aliphatic heterocycles. The zero-order chi connectivity index (χ0) is 23.2. The topological polar surface area (TPSA) is 58.6 Å². The fraction of sp³-hybridized carbons (Fsp3) is 0.357. The van der Waals surface area contributed by atoms with Gasteiger partial charge in [-0.25, -0.2) is 0 Å². The first-order valence-corrected chi connectivity index (χ1v) is 11.7. The monoisotopic (exact) mass is 442 g/mol. The molecule has 170 valence electrons. The summed E-state index contributed by atoms with van der Waals surface area (Å²) in [5, 5.41) is 5.12. The summed E-state index contributed by atoms with van der Waals surface area (Å²) in [5.74, 6) is -0.0998. The van der Waals surface area contributed by atoms with Crippen molar-refractivity contribution >= 4 is 34.0 Å². The second-order valence-electron chi connectivity index (χ2n) is 10.1. The summed E-state index contributed by atoms with van der Waals surface area (Å²) in [5.41, 5.74) is 4.88. The van der Waals surface area contributed by atoms with Crippen LogP contribution in [0, 0.1) is 5.92 Å². The van der Waals surface area contributed by atoms with Gasteiger partial charge < -0.3 is 15.0 Å². The number of anilines is 2. The second kappa shape index (κ2) is 8.22. The molecule has 0 unspecified atom stereocenters. The van der Waals surface area contributed by atoms with Crippen LogP contribution >= 0.6 is 0 Å². The maximum Gasteiger partial charge on any atom is 0.309 e. The number of carbonyl (C=O) groups excluding carboxylic acids is 2. The first-order chi connectivity index (χ1) is 15.8. The number of benzene rings is 3. The summed E-state index contributed by atoms with van der Waals surface area (Å²) >= 11 is 0.